The average molecular weight is 359 g/mol. The van der Waals surface area contributed by atoms with E-state index in [1.165, 1.54) is 12.1 Å². The minimum Gasteiger partial charge on any atom is -0.462 e. The third kappa shape index (κ3) is 4.81. The molecule has 0 aliphatic heterocycles. The van der Waals surface area contributed by atoms with Crippen molar-refractivity contribution in [1.82, 2.24) is 4.98 Å². The molecular formula is C21H26FNO3. The monoisotopic (exact) mass is 359 g/mol. The SMILES string of the molecule is CCOC(=O)c1c(CCc2ccc(F)cc2)[nH]c(CC(C)C)c(C)c1=O. The number of H-pyrrole nitrogens is 1. The van der Waals surface area contributed by atoms with E-state index in [0.29, 0.717) is 30.0 Å². The molecule has 1 aromatic heterocycles. The van der Waals surface area contributed by atoms with Gasteiger partial charge >= 0.3 is 5.97 Å². The van der Waals surface area contributed by atoms with Gasteiger partial charge < -0.3 is 9.72 Å². The van der Waals surface area contributed by atoms with Crippen molar-refractivity contribution in [3.8, 4) is 0 Å². The van der Waals surface area contributed by atoms with Crippen LogP contribution >= 0.6 is 0 Å². The first-order valence-electron chi connectivity index (χ1n) is 8.99. The van der Waals surface area contributed by atoms with E-state index in [0.717, 1.165) is 17.7 Å². The maximum absolute atomic E-state index is 13.1. The standard InChI is InChI=1S/C21H26FNO3/c1-5-26-21(25)19-17(11-8-15-6-9-16(22)10-7-15)23-18(12-13(2)3)14(4)20(19)24/h6-7,9-10,13H,5,8,11-12H2,1-4H3,(H,23,24). The van der Waals surface area contributed by atoms with Crippen LogP contribution in [0.25, 0.3) is 0 Å². The Balaban J connectivity index is 2.41. The van der Waals surface area contributed by atoms with Crippen molar-refractivity contribution >= 4 is 5.97 Å². The second-order valence-electron chi connectivity index (χ2n) is 6.86. The molecule has 0 aliphatic rings. The van der Waals surface area contributed by atoms with E-state index in [4.69, 9.17) is 4.74 Å². The van der Waals surface area contributed by atoms with Gasteiger partial charge in [0.1, 0.15) is 11.4 Å². The lowest BCUT2D eigenvalue weighted by molar-refractivity contribution is 0.0522. The average Bonchev–Trinajstić information content (AvgIpc) is 2.58. The van der Waals surface area contributed by atoms with E-state index in [1.807, 2.05) is 0 Å². The first kappa shape index (κ1) is 19.9. The van der Waals surface area contributed by atoms with E-state index < -0.39 is 5.97 Å². The van der Waals surface area contributed by atoms with Gasteiger partial charge in [-0.25, -0.2) is 9.18 Å². The second kappa shape index (κ2) is 8.79. The number of ether oxygens (including phenoxy) is 1. The molecule has 0 saturated heterocycles. The summed E-state index contributed by atoms with van der Waals surface area (Å²) in [6.07, 6.45) is 1.79. The molecule has 5 heteroatoms. The molecule has 0 bridgehead atoms. The summed E-state index contributed by atoms with van der Waals surface area (Å²) in [7, 11) is 0. The molecule has 0 amide bonds. The Morgan fingerprint density at radius 2 is 1.81 bits per heavy atom. The molecule has 1 N–H and O–H groups in total. The predicted molar refractivity (Wildman–Crippen MR) is 100 cm³/mol. The van der Waals surface area contributed by atoms with Gasteiger partial charge in [-0.05, 0) is 56.7 Å². The van der Waals surface area contributed by atoms with Crippen molar-refractivity contribution in [3.63, 3.8) is 0 Å². The van der Waals surface area contributed by atoms with Crippen LogP contribution in [0.2, 0.25) is 0 Å². The fourth-order valence-electron chi connectivity index (χ4n) is 2.94. The molecule has 2 rings (SSSR count). The number of aromatic amines is 1. The number of esters is 1. The van der Waals surface area contributed by atoms with Gasteiger partial charge in [0.05, 0.1) is 6.61 Å². The largest absolute Gasteiger partial charge is 0.462 e. The number of aromatic nitrogens is 1. The van der Waals surface area contributed by atoms with Crippen LogP contribution in [-0.2, 0) is 24.0 Å². The zero-order valence-electron chi connectivity index (χ0n) is 15.8. The second-order valence-corrected chi connectivity index (χ2v) is 6.86. The summed E-state index contributed by atoms with van der Waals surface area (Å²) < 4.78 is 18.2. The van der Waals surface area contributed by atoms with Crippen LogP contribution in [0, 0.1) is 18.7 Å². The Hall–Kier alpha value is -2.43. The van der Waals surface area contributed by atoms with Crippen molar-refractivity contribution in [2.75, 3.05) is 6.61 Å². The maximum atomic E-state index is 13.1. The molecule has 26 heavy (non-hydrogen) atoms. The molecule has 0 spiro atoms. The van der Waals surface area contributed by atoms with Crippen molar-refractivity contribution < 1.29 is 13.9 Å². The zero-order valence-corrected chi connectivity index (χ0v) is 15.8. The molecular weight excluding hydrogens is 333 g/mol. The molecule has 0 saturated carbocycles. The van der Waals surface area contributed by atoms with Gasteiger partial charge in [0.25, 0.3) is 0 Å². The van der Waals surface area contributed by atoms with Crippen LogP contribution in [0.4, 0.5) is 4.39 Å². The van der Waals surface area contributed by atoms with E-state index in [1.54, 1.807) is 26.0 Å². The molecule has 140 valence electrons. The summed E-state index contributed by atoms with van der Waals surface area (Å²) in [5.74, 6) is -0.506. The number of carbonyl (C=O) groups excluding carboxylic acids is 1. The molecule has 0 fully saturated rings. The number of hydrogen-bond donors (Lipinski definition) is 1. The zero-order chi connectivity index (χ0) is 19.3. The number of nitrogens with one attached hydrogen (secondary N) is 1. The lowest BCUT2D eigenvalue weighted by atomic mass is 9.98. The van der Waals surface area contributed by atoms with E-state index in [-0.39, 0.29) is 23.4 Å². The van der Waals surface area contributed by atoms with Crippen LogP contribution < -0.4 is 5.43 Å². The van der Waals surface area contributed by atoms with E-state index >= 15 is 0 Å². The topological polar surface area (TPSA) is 59.2 Å². The van der Waals surface area contributed by atoms with Gasteiger partial charge in [-0.2, -0.15) is 0 Å². The van der Waals surface area contributed by atoms with Crippen molar-refractivity contribution in [2.24, 2.45) is 5.92 Å². The van der Waals surface area contributed by atoms with Gasteiger partial charge in [-0.1, -0.05) is 26.0 Å². The number of halogens is 1. The fourth-order valence-corrected chi connectivity index (χ4v) is 2.94. The van der Waals surface area contributed by atoms with Crippen LogP contribution in [0.3, 0.4) is 0 Å². The Morgan fingerprint density at radius 1 is 1.15 bits per heavy atom. The minimum absolute atomic E-state index is 0.0824. The molecule has 0 radical (unpaired) electrons. The first-order chi connectivity index (χ1) is 12.3. The number of aryl methyl sites for hydroxylation is 2. The highest BCUT2D eigenvalue weighted by Crippen LogP contribution is 2.15. The predicted octanol–water partition coefficient (Wildman–Crippen LogP) is 3.98. The smallest absolute Gasteiger partial charge is 0.343 e. The van der Waals surface area contributed by atoms with Gasteiger partial charge in [0.2, 0.25) is 0 Å². The van der Waals surface area contributed by atoms with Crippen molar-refractivity contribution in [2.45, 2.75) is 47.0 Å². The molecule has 0 atom stereocenters. The minimum atomic E-state index is -0.595. The molecule has 0 unspecified atom stereocenters. The van der Waals surface area contributed by atoms with Crippen LogP contribution in [0.5, 0.6) is 0 Å². The highest BCUT2D eigenvalue weighted by Gasteiger charge is 2.21. The van der Waals surface area contributed by atoms with Crippen LogP contribution in [0.15, 0.2) is 29.1 Å². The molecule has 1 aromatic carbocycles. The van der Waals surface area contributed by atoms with Crippen LogP contribution in [-0.4, -0.2) is 17.6 Å². The van der Waals surface area contributed by atoms with Gasteiger partial charge in [0, 0.05) is 17.0 Å². The van der Waals surface area contributed by atoms with Crippen molar-refractivity contribution in [3.05, 3.63) is 68.4 Å². The maximum Gasteiger partial charge on any atom is 0.343 e. The van der Waals surface area contributed by atoms with E-state index in [2.05, 4.69) is 18.8 Å². The summed E-state index contributed by atoms with van der Waals surface area (Å²) in [6, 6.07) is 6.23. The summed E-state index contributed by atoms with van der Waals surface area (Å²) >= 11 is 0. The lowest BCUT2D eigenvalue weighted by Crippen LogP contribution is -2.26. The Kier molecular flexibility index (Phi) is 6.72. The Morgan fingerprint density at radius 3 is 2.38 bits per heavy atom. The first-order valence-corrected chi connectivity index (χ1v) is 8.99. The highest BCUT2D eigenvalue weighted by atomic mass is 19.1. The number of hydrogen-bond acceptors (Lipinski definition) is 3. The van der Waals surface area contributed by atoms with Crippen LogP contribution in [0.1, 0.15) is 53.6 Å². The highest BCUT2D eigenvalue weighted by molar-refractivity contribution is 5.90. The summed E-state index contributed by atoms with van der Waals surface area (Å²) in [5.41, 5.74) is 2.75. The number of rotatable bonds is 7. The van der Waals surface area contributed by atoms with E-state index in [9.17, 15) is 14.0 Å². The third-order valence-corrected chi connectivity index (χ3v) is 4.29. The number of carbonyl (C=O) groups is 1. The van der Waals surface area contributed by atoms with Gasteiger partial charge in [-0.15, -0.1) is 0 Å². The molecule has 1 heterocycles. The molecule has 0 aliphatic carbocycles. The number of benzene rings is 1. The normalized spacial score (nSPS) is 11.0. The summed E-state index contributed by atoms with van der Waals surface area (Å²) in [4.78, 5) is 28.4. The summed E-state index contributed by atoms with van der Waals surface area (Å²) in [6.45, 7) is 7.82. The Bertz CT molecular complexity index is 822. The fraction of sp³-hybridized carbons (Fsp3) is 0.429. The Labute approximate surface area is 153 Å². The quantitative estimate of drug-likeness (QED) is 0.761. The molecule has 2 aromatic rings. The molecule has 4 nitrogen and oxygen atoms in total. The van der Waals surface area contributed by atoms with Gasteiger partial charge in [0.15, 0.2) is 5.43 Å². The van der Waals surface area contributed by atoms with Gasteiger partial charge in [-0.3, -0.25) is 4.79 Å². The summed E-state index contributed by atoms with van der Waals surface area (Å²) in [5, 5.41) is 0. The third-order valence-electron chi connectivity index (χ3n) is 4.29. The van der Waals surface area contributed by atoms with Crippen molar-refractivity contribution in [1.29, 1.82) is 0 Å². The lowest BCUT2D eigenvalue weighted by Gasteiger charge is -2.15. The number of pyridine rings is 1.